The van der Waals surface area contributed by atoms with Crippen molar-refractivity contribution in [2.75, 3.05) is 35.8 Å². The van der Waals surface area contributed by atoms with Gasteiger partial charge in [-0.25, -0.2) is 4.68 Å². The Morgan fingerprint density at radius 2 is 1.74 bits per heavy atom. The first-order chi connectivity index (χ1) is 14.7. The summed E-state index contributed by atoms with van der Waals surface area (Å²) in [5, 5.41) is 11.1. The summed E-state index contributed by atoms with van der Waals surface area (Å²) in [6.45, 7) is 5.03. The third kappa shape index (κ3) is 5.70. The van der Waals surface area contributed by atoms with Crippen LogP contribution in [0.15, 0.2) is 28.5 Å². The molecule has 1 aliphatic heterocycles. The normalized spacial score (nSPS) is 13.8. The van der Waals surface area contributed by atoms with Crippen LogP contribution in [0.5, 0.6) is 11.5 Å². The summed E-state index contributed by atoms with van der Waals surface area (Å²) in [6.07, 6.45) is -3.72. The molecule has 0 bridgehead atoms. The number of nitrogen functional groups attached to an aromatic ring is 1. The molecule has 3 N–H and O–H groups in total. The number of amides is 2. The monoisotopic (exact) mass is 474 g/mol. The van der Waals surface area contributed by atoms with Gasteiger partial charge in [-0.05, 0) is 26.0 Å². The van der Waals surface area contributed by atoms with Crippen LogP contribution in [-0.2, 0) is 9.59 Å². The molecule has 0 fully saturated rings. The van der Waals surface area contributed by atoms with Gasteiger partial charge in [0, 0.05) is 24.8 Å². The molecule has 2 heterocycles. The minimum absolute atomic E-state index is 0.0342. The van der Waals surface area contributed by atoms with Crippen molar-refractivity contribution in [3.8, 4) is 11.5 Å². The largest absolute Gasteiger partial charge is 0.586 e. The van der Waals surface area contributed by atoms with E-state index in [0.29, 0.717) is 23.4 Å². The molecule has 2 amide bonds. The second-order valence-corrected chi connectivity index (χ2v) is 8.04. The first-order valence-corrected chi connectivity index (χ1v) is 11.1. The molecule has 0 saturated carbocycles. The molecular weight excluding hydrogens is 454 g/mol. The molecule has 0 atom stereocenters. The topological polar surface area (TPSA) is 125 Å². The summed E-state index contributed by atoms with van der Waals surface area (Å²) < 4.78 is 36.0. The fourth-order valence-corrected chi connectivity index (χ4v) is 4.08. The van der Waals surface area contributed by atoms with Gasteiger partial charge < -0.3 is 25.5 Å². The molecule has 1 aliphatic rings. The van der Waals surface area contributed by atoms with E-state index in [1.807, 2.05) is 13.8 Å². The maximum atomic E-state index is 13.1. The van der Waals surface area contributed by atoms with Gasteiger partial charge in [0.15, 0.2) is 11.5 Å². The van der Waals surface area contributed by atoms with Crippen molar-refractivity contribution in [1.29, 1.82) is 0 Å². The smallest absolute Gasteiger partial charge is 0.395 e. The van der Waals surface area contributed by atoms with E-state index in [4.69, 9.17) is 5.84 Å². The molecule has 14 heteroatoms. The fraction of sp³-hybridized carbons (Fsp3) is 0.412. The van der Waals surface area contributed by atoms with Gasteiger partial charge in [-0.1, -0.05) is 23.5 Å². The number of benzene rings is 1. The van der Waals surface area contributed by atoms with Crippen LogP contribution in [0.1, 0.15) is 13.8 Å². The Morgan fingerprint density at radius 3 is 2.39 bits per heavy atom. The summed E-state index contributed by atoms with van der Waals surface area (Å²) in [6, 6.07) is 3.93. The number of hydrogen-bond acceptors (Lipinski definition) is 9. The zero-order chi connectivity index (χ0) is 22.6. The number of nitrogens with one attached hydrogen (secondary N) is 1. The first-order valence-electron chi connectivity index (χ1n) is 9.16. The Balaban J connectivity index is 1.51. The van der Waals surface area contributed by atoms with Crippen LogP contribution in [0.2, 0.25) is 0 Å². The average Bonchev–Trinajstić information content (AvgIpc) is 3.22. The SMILES string of the molecule is CCN(CC)C(=O)CSc1nnc(SCC(=O)Nc2ccc3c(c2)OC(F)(F)O3)n1N. The van der Waals surface area contributed by atoms with Crippen LogP contribution < -0.4 is 20.6 Å². The number of halogens is 2. The molecule has 0 radical (unpaired) electrons. The Bertz CT molecular complexity index is 970. The molecule has 2 aromatic rings. The Kier molecular flexibility index (Phi) is 7.10. The number of rotatable bonds is 9. The maximum Gasteiger partial charge on any atom is 0.586 e. The number of carbonyl (C=O) groups excluding carboxylic acids is 2. The van der Waals surface area contributed by atoms with Crippen molar-refractivity contribution in [3.63, 3.8) is 0 Å². The quantitative estimate of drug-likeness (QED) is 0.415. The van der Waals surface area contributed by atoms with E-state index in [-0.39, 0.29) is 34.6 Å². The number of anilines is 1. The highest BCUT2D eigenvalue weighted by atomic mass is 32.2. The lowest BCUT2D eigenvalue weighted by molar-refractivity contribution is -0.286. The minimum Gasteiger partial charge on any atom is -0.395 e. The zero-order valence-corrected chi connectivity index (χ0v) is 18.3. The van der Waals surface area contributed by atoms with Gasteiger partial charge in [0.05, 0.1) is 11.5 Å². The summed E-state index contributed by atoms with van der Waals surface area (Å²) in [5.41, 5.74) is 0.269. The first kappa shape index (κ1) is 22.9. The lowest BCUT2D eigenvalue weighted by Crippen LogP contribution is -2.32. The molecule has 10 nitrogen and oxygen atoms in total. The lowest BCUT2D eigenvalue weighted by atomic mass is 10.3. The van der Waals surface area contributed by atoms with Gasteiger partial charge in [0.25, 0.3) is 0 Å². The highest BCUT2D eigenvalue weighted by Gasteiger charge is 2.43. The number of ether oxygens (including phenoxy) is 2. The van der Waals surface area contributed by atoms with Gasteiger partial charge in [0.1, 0.15) is 0 Å². The molecule has 1 aromatic carbocycles. The van der Waals surface area contributed by atoms with E-state index >= 15 is 0 Å². The van der Waals surface area contributed by atoms with Crippen molar-refractivity contribution >= 4 is 41.0 Å². The molecule has 0 unspecified atom stereocenters. The second kappa shape index (κ2) is 9.60. The molecular formula is C17H20F2N6O4S2. The lowest BCUT2D eigenvalue weighted by Gasteiger charge is -2.17. The number of nitrogens with two attached hydrogens (primary N) is 1. The van der Waals surface area contributed by atoms with Crippen LogP contribution in [0.4, 0.5) is 14.5 Å². The van der Waals surface area contributed by atoms with Crippen molar-refractivity contribution in [3.05, 3.63) is 18.2 Å². The van der Waals surface area contributed by atoms with Crippen LogP contribution in [0.3, 0.4) is 0 Å². The fourth-order valence-electron chi connectivity index (χ4n) is 2.61. The van der Waals surface area contributed by atoms with Crippen molar-refractivity contribution in [2.24, 2.45) is 0 Å². The number of carbonyl (C=O) groups is 2. The van der Waals surface area contributed by atoms with Gasteiger partial charge >= 0.3 is 6.29 Å². The third-order valence-electron chi connectivity index (χ3n) is 4.09. The number of hydrogen-bond donors (Lipinski definition) is 2. The molecule has 0 aliphatic carbocycles. The minimum atomic E-state index is -3.72. The summed E-state index contributed by atoms with van der Waals surface area (Å²) in [5.74, 6) is 5.34. The molecule has 1 aromatic heterocycles. The summed E-state index contributed by atoms with van der Waals surface area (Å²) in [4.78, 5) is 26.0. The molecule has 31 heavy (non-hydrogen) atoms. The van der Waals surface area contributed by atoms with E-state index in [1.165, 1.54) is 22.9 Å². The highest BCUT2D eigenvalue weighted by molar-refractivity contribution is 8.00. The average molecular weight is 475 g/mol. The number of nitrogens with zero attached hydrogens (tertiary/aromatic N) is 4. The molecule has 3 rings (SSSR count). The number of fused-ring (bicyclic) bond motifs is 1. The van der Waals surface area contributed by atoms with Gasteiger partial charge in [0.2, 0.25) is 22.1 Å². The molecule has 0 spiro atoms. The third-order valence-corrected chi connectivity index (χ3v) is 5.96. The van der Waals surface area contributed by atoms with Crippen LogP contribution >= 0.6 is 23.5 Å². The van der Waals surface area contributed by atoms with E-state index < -0.39 is 12.2 Å². The zero-order valence-electron chi connectivity index (χ0n) is 16.6. The van der Waals surface area contributed by atoms with Gasteiger partial charge in [-0.15, -0.1) is 19.0 Å². The predicted molar refractivity (Wildman–Crippen MR) is 111 cm³/mol. The van der Waals surface area contributed by atoms with Crippen LogP contribution in [-0.4, -0.2) is 62.5 Å². The second-order valence-electron chi connectivity index (χ2n) is 6.16. The van der Waals surface area contributed by atoms with E-state index in [9.17, 15) is 18.4 Å². The van der Waals surface area contributed by atoms with Gasteiger partial charge in [-0.2, -0.15) is 0 Å². The van der Waals surface area contributed by atoms with Crippen molar-refractivity contribution in [1.82, 2.24) is 19.8 Å². The molecule has 0 saturated heterocycles. The highest BCUT2D eigenvalue weighted by Crippen LogP contribution is 2.42. The Hall–Kier alpha value is -2.74. The van der Waals surface area contributed by atoms with E-state index in [0.717, 1.165) is 23.5 Å². The van der Waals surface area contributed by atoms with Crippen LogP contribution in [0, 0.1) is 0 Å². The van der Waals surface area contributed by atoms with Crippen LogP contribution in [0.25, 0.3) is 0 Å². The standard InChI is InChI=1S/C17H20F2N6O4S2/c1-3-24(4-2)14(27)9-31-16-23-22-15(25(16)20)30-8-13(26)21-10-5-6-11-12(7-10)29-17(18,19)28-11/h5-7H,3-4,8-9,20H2,1-2H3,(H,21,26). The van der Waals surface area contributed by atoms with Crippen molar-refractivity contribution < 1.29 is 27.8 Å². The summed E-state index contributed by atoms with van der Waals surface area (Å²) >= 11 is 2.19. The Morgan fingerprint density at radius 1 is 1.13 bits per heavy atom. The van der Waals surface area contributed by atoms with E-state index in [2.05, 4.69) is 25.0 Å². The number of thioether (sulfide) groups is 2. The van der Waals surface area contributed by atoms with Crippen molar-refractivity contribution in [2.45, 2.75) is 30.5 Å². The van der Waals surface area contributed by atoms with E-state index in [1.54, 1.807) is 4.90 Å². The summed E-state index contributed by atoms with van der Waals surface area (Å²) in [7, 11) is 0. The Labute approximate surface area is 184 Å². The number of alkyl halides is 2. The predicted octanol–water partition coefficient (Wildman–Crippen LogP) is 2.00. The number of aromatic nitrogens is 3. The van der Waals surface area contributed by atoms with Gasteiger partial charge in [-0.3, -0.25) is 9.59 Å². The molecule has 168 valence electrons. The maximum absolute atomic E-state index is 13.1.